The van der Waals surface area contributed by atoms with Crippen LogP contribution < -0.4 is 0 Å². The molecule has 0 unspecified atom stereocenters. The van der Waals surface area contributed by atoms with Crippen LogP contribution in [-0.2, 0) is 0 Å². The van der Waals surface area contributed by atoms with Crippen molar-refractivity contribution in [2.45, 2.75) is 0 Å². The van der Waals surface area contributed by atoms with E-state index < -0.39 is 17.4 Å². The minimum absolute atomic E-state index is 0.122. The van der Waals surface area contributed by atoms with Crippen LogP contribution in [0.15, 0.2) is 52.5 Å². The summed E-state index contributed by atoms with van der Waals surface area (Å²) in [6.45, 7) is 0. The van der Waals surface area contributed by atoms with E-state index in [-0.39, 0.29) is 16.7 Å². The topological polar surface area (TPSA) is 40.9 Å². The SMILES string of the molecule is N#C/C(=C\c1cc(Br)ccc1F)C(=O)c1ccc(F)cc1. The van der Waals surface area contributed by atoms with E-state index in [0.717, 1.165) is 12.1 Å². The van der Waals surface area contributed by atoms with Gasteiger partial charge < -0.3 is 0 Å². The number of carbonyl (C=O) groups is 1. The lowest BCUT2D eigenvalue weighted by molar-refractivity contribution is 0.104. The normalized spacial score (nSPS) is 11.0. The van der Waals surface area contributed by atoms with Crippen LogP contribution in [0.2, 0.25) is 0 Å². The van der Waals surface area contributed by atoms with Gasteiger partial charge in [0.1, 0.15) is 23.3 Å². The number of benzene rings is 2. The third-order valence-electron chi connectivity index (χ3n) is 2.73. The Labute approximate surface area is 128 Å². The van der Waals surface area contributed by atoms with Gasteiger partial charge in [-0.05, 0) is 48.5 Å². The highest BCUT2D eigenvalue weighted by atomic mass is 79.9. The van der Waals surface area contributed by atoms with E-state index in [1.807, 2.05) is 0 Å². The lowest BCUT2D eigenvalue weighted by atomic mass is 10.0. The van der Waals surface area contributed by atoms with Crippen molar-refractivity contribution in [3.8, 4) is 6.07 Å². The molecule has 0 aliphatic heterocycles. The number of hydrogen-bond acceptors (Lipinski definition) is 2. The number of allylic oxidation sites excluding steroid dienone is 1. The van der Waals surface area contributed by atoms with Crippen molar-refractivity contribution in [2.75, 3.05) is 0 Å². The average Bonchev–Trinajstić information content (AvgIpc) is 2.48. The molecule has 0 aliphatic carbocycles. The van der Waals surface area contributed by atoms with E-state index >= 15 is 0 Å². The number of rotatable bonds is 3. The summed E-state index contributed by atoms with van der Waals surface area (Å²) in [6, 6.07) is 10.8. The first-order valence-electron chi connectivity index (χ1n) is 5.88. The maximum Gasteiger partial charge on any atom is 0.203 e. The molecular weight excluding hydrogens is 340 g/mol. The molecule has 0 N–H and O–H groups in total. The fraction of sp³-hybridized carbons (Fsp3) is 0. The molecule has 0 saturated heterocycles. The van der Waals surface area contributed by atoms with Crippen LogP contribution in [-0.4, -0.2) is 5.78 Å². The van der Waals surface area contributed by atoms with E-state index in [1.165, 1.54) is 36.4 Å². The summed E-state index contributed by atoms with van der Waals surface area (Å²) in [5.74, 6) is -1.61. The van der Waals surface area contributed by atoms with E-state index in [0.29, 0.717) is 4.47 Å². The van der Waals surface area contributed by atoms with Gasteiger partial charge in [-0.3, -0.25) is 4.79 Å². The predicted octanol–water partition coefficient (Wildman–Crippen LogP) is 4.52. The lowest BCUT2D eigenvalue weighted by Crippen LogP contribution is -2.02. The molecule has 0 fully saturated rings. The average molecular weight is 348 g/mol. The van der Waals surface area contributed by atoms with Crippen molar-refractivity contribution in [3.05, 3.63) is 75.3 Å². The molecule has 2 aromatic rings. The van der Waals surface area contributed by atoms with Crippen LogP contribution in [0.25, 0.3) is 6.08 Å². The van der Waals surface area contributed by atoms with E-state index in [1.54, 1.807) is 6.07 Å². The second-order valence-electron chi connectivity index (χ2n) is 4.17. The molecule has 0 aliphatic rings. The molecule has 0 bridgehead atoms. The first-order chi connectivity index (χ1) is 10.0. The Hall–Kier alpha value is -2.32. The Morgan fingerprint density at radius 3 is 2.43 bits per heavy atom. The van der Waals surface area contributed by atoms with Crippen molar-refractivity contribution >= 4 is 27.8 Å². The molecule has 2 aromatic carbocycles. The van der Waals surface area contributed by atoms with Gasteiger partial charge in [-0.15, -0.1) is 0 Å². The van der Waals surface area contributed by atoms with E-state index in [9.17, 15) is 13.6 Å². The molecule has 0 atom stereocenters. The van der Waals surface area contributed by atoms with Crippen molar-refractivity contribution in [1.29, 1.82) is 5.26 Å². The molecule has 104 valence electrons. The third kappa shape index (κ3) is 3.61. The predicted molar refractivity (Wildman–Crippen MR) is 78.4 cm³/mol. The summed E-state index contributed by atoms with van der Waals surface area (Å²) in [5, 5.41) is 9.09. The Balaban J connectivity index is 2.41. The maximum absolute atomic E-state index is 13.6. The second kappa shape index (κ2) is 6.42. The quantitative estimate of drug-likeness (QED) is 0.465. The summed E-state index contributed by atoms with van der Waals surface area (Å²) in [7, 11) is 0. The number of ketones is 1. The molecule has 5 heteroatoms. The highest BCUT2D eigenvalue weighted by Gasteiger charge is 2.13. The van der Waals surface area contributed by atoms with Crippen LogP contribution in [0.4, 0.5) is 8.78 Å². The summed E-state index contributed by atoms with van der Waals surface area (Å²) < 4.78 is 27.1. The van der Waals surface area contributed by atoms with Crippen LogP contribution in [0, 0.1) is 23.0 Å². The van der Waals surface area contributed by atoms with Gasteiger partial charge in [0, 0.05) is 15.6 Å². The van der Waals surface area contributed by atoms with Gasteiger partial charge in [-0.25, -0.2) is 8.78 Å². The first-order valence-corrected chi connectivity index (χ1v) is 6.67. The van der Waals surface area contributed by atoms with Crippen molar-refractivity contribution < 1.29 is 13.6 Å². The van der Waals surface area contributed by atoms with Gasteiger partial charge in [0.2, 0.25) is 5.78 Å². The van der Waals surface area contributed by atoms with Gasteiger partial charge in [0.05, 0.1) is 0 Å². The van der Waals surface area contributed by atoms with Gasteiger partial charge in [-0.2, -0.15) is 5.26 Å². The number of halogens is 3. The summed E-state index contributed by atoms with van der Waals surface area (Å²) >= 11 is 3.19. The molecule has 0 heterocycles. The zero-order valence-corrected chi connectivity index (χ0v) is 12.2. The number of nitriles is 1. The maximum atomic E-state index is 13.6. The van der Waals surface area contributed by atoms with E-state index in [2.05, 4.69) is 15.9 Å². The van der Waals surface area contributed by atoms with Crippen LogP contribution >= 0.6 is 15.9 Å². The molecular formula is C16H8BrF2NO. The Morgan fingerprint density at radius 2 is 1.81 bits per heavy atom. The third-order valence-corrected chi connectivity index (χ3v) is 3.22. The minimum Gasteiger partial charge on any atom is -0.288 e. The van der Waals surface area contributed by atoms with Gasteiger partial charge in [0.15, 0.2) is 0 Å². The molecule has 0 radical (unpaired) electrons. The highest BCUT2D eigenvalue weighted by Crippen LogP contribution is 2.19. The Bertz CT molecular complexity index is 761. The summed E-state index contributed by atoms with van der Waals surface area (Å²) in [6.07, 6.45) is 1.17. The molecule has 0 spiro atoms. The van der Waals surface area contributed by atoms with Gasteiger partial charge >= 0.3 is 0 Å². The molecule has 0 amide bonds. The highest BCUT2D eigenvalue weighted by molar-refractivity contribution is 9.10. The monoisotopic (exact) mass is 347 g/mol. The number of carbonyl (C=O) groups excluding carboxylic acids is 1. The van der Waals surface area contributed by atoms with Crippen LogP contribution in [0.1, 0.15) is 15.9 Å². The molecule has 21 heavy (non-hydrogen) atoms. The number of Topliss-reactive ketones (excluding diaryl/α,β-unsaturated/α-hetero) is 1. The fourth-order valence-corrected chi connectivity index (χ4v) is 2.06. The summed E-state index contributed by atoms with van der Waals surface area (Å²) in [5.41, 5.74) is 0.0644. The first kappa shape index (κ1) is 15.1. The molecule has 0 aromatic heterocycles. The minimum atomic E-state index is -0.586. The van der Waals surface area contributed by atoms with Gasteiger partial charge in [-0.1, -0.05) is 15.9 Å². The Kier molecular flexibility index (Phi) is 4.61. The zero-order chi connectivity index (χ0) is 15.4. The van der Waals surface area contributed by atoms with Crippen molar-refractivity contribution in [2.24, 2.45) is 0 Å². The summed E-state index contributed by atoms with van der Waals surface area (Å²) in [4.78, 5) is 12.1. The Morgan fingerprint density at radius 1 is 1.14 bits per heavy atom. The van der Waals surface area contributed by atoms with Crippen LogP contribution in [0.5, 0.6) is 0 Å². The lowest BCUT2D eigenvalue weighted by Gasteiger charge is -2.01. The van der Waals surface area contributed by atoms with Crippen LogP contribution in [0.3, 0.4) is 0 Å². The smallest absolute Gasteiger partial charge is 0.203 e. The number of nitrogens with zero attached hydrogens (tertiary/aromatic N) is 1. The van der Waals surface area contributed by atoms with Crippen molar-refractivity contribution in [1.82, 2.24) is 0 Å². The fourth-order valence-electron chi connectivity index (χ4n) is 1.69. The zero-order valence-electron chi connectivity index (χ0n) is 10.6. The number of hydrogen-bond donors (Lipinski definition) is 0. The largest absolute Gasteiger partial charge is 0.288 e. The molecule has 2 nitrogen and oxygen atoms in total. The van der Waals surface area contributed by atoms with Crippen molar-refractivity contribution in [3.63, 3.8) is 0 Å². The molecule has 2 rings (SSSR count). The van der Waals surface area contributed by atoms with Gasteiger partial charge in [0.25, 0.3) is 0 Å². The molecule has 0 saturated carbocycles. The van der Waals surface area contributed by atoms with E-state index in [4.69, 9.17) is 5.26 Å². The second-order valence-corrected chi connectivity index (χ2v) is 5.09. The standard InChI is InChI=1S/C16H8BrF2NO/c17-13-3-6-15(19)11(8-13)7-12(9-20)16(21)10-1-4-14(18)5-2-10/h1-8H/b12-7+.